The number of fused-ring (bicyclic) bond motifs is 3. The van der Waals surface area contributed by atoms with E-state index < -0.39 is 69.3 Å². The summed E-state index contributed by atoms with van der Waals surface area (Å²) in [6.07, 6.45) is 6.18. The van der Waals surface area contributed by atoms with Crippen LogP contribution in [0.5, 0.6) is 6.01 Å². The number of rotatable bonds is 11. The number of aromatic nitrogens is 3. The molecule has 1 aliphatic carbocycles. The zero-order chi connectivity index (χ0) is 49.3. The number of alkyl carbamates (subject to hydrolysis) is 1. The summed E-state index contributed by atoms with van der Waals surface area (Å²) in [5.41, 5.74) is 4.33. The molecule has 4 amide bonds. The molecule has 5 aromatic rings. The Morgan fingerprint density at radius 3 is 2.42 bits per heavy atom. The molecule has 1 saturated carbocycles. The summed E-state index contributed by atoms with van der Waals surface area (Å²) in [6.45, 7) is 9.20. The molecule has 3 N–H and O–H groups in total. The number of thiazole rings is 1. The minimum Gasteiger partial charge on any atom is -0.459 e. The number of nitrogens with one attached hydrogen (secondary N) is 3. The summed E-state index contributed by atoms with van der Waals surface area (Å²) in [7, 11) is -1.60. The molecule has 1 saturated heterocycles. The molecular formula is C51H62N8O8S2. The third kappa shape index (κ3) is 11.2. The average molecular weight is 979 g/mol. The van der Waals surface area contributed by atoms with Crippen molar-refractivity contribution in [1.29, 1.82) is 0 Å². The van der Waals surface area contributed by atoms with Gasteiger partial charge in [-0.25, -0.2) is 14.5 Å². The largest absolute Gasteiger partial charge is 0.459 e. The molecular weight excluding hydrogens is 917 g/mol. The number of amides is 4. The van der Waals surface area contributed by atoms with Gasteiger partial charge in [-0.2, -0.15) is 17.7 Å². The van der Waals surface area contributed by atoms with Crippen molar-refractivity contribution in [3.8, 4) is 27.7 Å². The Bertz CT molecular complexity index is 2840. The zero-order valence-corrected chi connectivity index (χ0v) is 41.9. The van der Waals surface area contributed by atoms with E-state index in [9.17, 15) is 27.6 Å². The molecule has 0 bridgehead atoms. The van der Waals surface area contributed by atoms with Gasteiger partial charge in [0.25, 0.3) is 11.9 Å². The van der Waals surface area contributed by atoms with Crippen LogP contribution in [0.3, 0.4) is 0 Å². The van der Waals surface area contributed by atoms with Crippen molar-refractivity contribution in [2.45, 2.75) is 121 Å². The van der Waals surface area contributed by atoms with E-state index in [0.29, 0.717) is 37.2 Å². The maximum absolute atomic E-state index is 14.8. The van der Waals surface area contributed by atoms with Crippen LogP contribution in [-0.4, -0.2) is 106 Å². The quantitative estimate of drug-likeness (QED) is 0.111. The fourth-order valence-corrected chi connectivity index (χ4v) is 10.5. The molecule has 3 aliphatic rings. The molecule has 8 rings (SSSR count). The van der Waals surface area contributed by atoms with Gasteiger partial charge in [0, 0.05) is 49.8 Å². The lowest BCUT2D eigenvalue weighted by Gasteiger charge is -2.30. The van der Waals surface area contributed by atoms with Gasteiger partial charge in [-0.3, -0.25) is 19.0 Å². The number of ether oxygens (including phenoxy) is 2. The van der Waals surface area contributed by atoms with E-state index in [-0.39, 0.29) is 25.4 Å². The van der Waals surface area contributed by atoms with E-state index >= 15 is 0 Å². The number of imidazole rings is 1. The molecule has 16 nitrogen and oxygen atoms in total. The van der Waals surface area contributed by atoms with Gasteiger partial charge in [-0.05, 0) is 89.1 Å². The molecule has 2 aliphatic heterocycles. The highest BCUT2D eigenvalue weighted by atomic mass is 32.2. The van der Waals surface area contributed by atoms with Gasteiger partial charge < -0.3 is 25.0 Å². The topological polar surface area (TPSA) is 194 Å². The molecule has 5 atom stereocenters. The van der Waals surface area contributed by atoms with Gasteiger partial charge in [-0.1, -0.05) is 85.7 Å². The van der Waals surface area contributed by atoms with Crippen molar-refractivity contribution in [3.63, 3.8) is 0 Å². The van der Waals surface area contributed by atoms with Crippen LogP contribution in [0.2, 0.25) is 0 Å². The first-order valence-electron chi connectivity index (χ1n) is 23.6. The third-order valence-corrected chi connectivity index (χ3v) is 15.1. The monoisotopic (exact) mass is 978 g/mol. The van der Waals surface area contributed by atoms with Crippen molar-refractivity contribution >= 4 is 56.4 Å². The Morgan fingerprint density at radius 1 is 0.971 bits per heavy atom. The van der Waals surface area contributed by atoms with E-state index in [0.717, 1.165) is 55.6 Å². The SMILES string of the molecule is CC(C)n1c(O[C@@H]2C[C@H]3C(=O)N[C@]4(C(=O)NS(=O)(=O)N(C)C)C[C@H]4/C=C\CCCCC[C@H](NC(=O)OC(C)(C)C)C(=O)N3C2)nc2c(-c3nc(Cc4ccc(-c5ccccc5)cc4)cs3)cccc21. The lowest BCUT2D eigenvalue weighted by atomic mass is 10.0. The minimum absolute atomic E-state index is 0.0151. The summed E-state index contributed by atoms with van der Waals surface area (Å²) < 4.78 is 43.1. The smallest absolute Gasteiger partial charge is 0.408 e. The number of carbonyl (C=O) groups is 4. The normalized spacial score (nSPS) is 22.8. The summed E-state index contributed by atoms with van der Waals surface area (Å²) in [6, 6.07) is 22.7. The maximum Gasteiger partial charge on any atom is 0.408 e. The van der Waals surface area contributed by atoms with E-state index in [1.165, 1.54) is 19.0 Å². The second-order valence-corrected chi connectivity index (χ2v) is 22.4. The zero-order valence-electron chi connectivity index (χ0n) is 40.2. The number of carbonyl (C=O) groups excluding carboxylic acids is 4. The number of para-hydroxylation sites is 1. The van der Waals surface area contributed by atoms with Gasteiger partial charge in [0.05, 0.1) is 17.8 Å². The number of benzene rings is 3. The van der Waals surface area contributed by atoms with Crippen molar-refractivity contribution in [3.05, 3.63) is 102 Å². The van der Waals surface area contributed by atoms with Crippen LogP contribution in [0.4, 0.5) is 4.79 Å². The third-order valence-electron chi connectivity index (χ3n) is 12.7. The van der Waals surface area contributed by atoms with E-state index in [2.05, 4.69) is 57.1 Å². The number of allylic oxidation sites excluding steroid dienone is 1. The Morgan fingerprint density at radius 2 is 1.71 bits per heavy atom. The van der Waals surface area contributed by atoms with Crippen molar-refractivity contribution in [2.75, 3.05) is 20.6 Å². The fourth-order valence-electron chi connectivity index (χ4n) is 9.08. The second kappa shape index (κ2) is 20.1. The summed E-state index contributed by atoms with van der Waals surface area (Å²) in [4.78, 5) is 68.1. The fraction of sp³-hybridized carbons (Fsp3) is 0.451. The van der Waals surface area contributed by atoms with E-state index in [1.54, 1.807) is 32.1 Å². The van der Waals surface area contributed by atoms with E-state index in [4.69, 9.17) is 19.4 Å². The van der Waals surface area contributed by atoms with Gasteiger partial charge >= 0.3 is 16.3 Å². The van der Waals surface area contributed by atoms with Crippen LogP contribution in [0.1, 0.15) is 96.9 Å². The number of hydrogen-bond acceptors (Lipinski definition) is 11. The average Bonchev–Trinajstić information content (AvgIpc) is 3.61. The Kier molecular flexibility index (Phi) is 14.4. The van der Waals surface area contributed by atoms with Crippen molar-refractivity contribution in [2.24, 2.45) is 5.92 Å². The first-order chi connectivity index (χ1) is 32.8. The van der Waals surface area contributed by atoms with Crippen LogP contribution in [-0.2, 0) is 35.8 Å². The van der Waals surface area contributed by atoms with E-state index in [1.807, 2.05) is 67.0 Å². The molecule has 366 valence electrons. The summed E-state index contributed by atoms with van der Waals surface area (Å²) >= 11 is 1.54. The molecule has 2 fully saturated rings. The predicted molar refractivity (Wildman–Crippen MR) is 266 cm³/mol. The van der Waals surface area contributed by atoms with Crippen molar-refractivity contribution in [1.82, 2.24) is 39.1 Å². The summed E-state index contributed by atoms with van der Waals surface area (Å²) in [5, 5.41) is 8.54. The standard InChI is InChI=1S/C51H62N8O8S2/c1-32(2)59-41-22-16-20-39(45-52-37(31-68-45)27-33-23-25-35(26-24-33)34-17-12-11-13-18-34)43(41)54-48(59)66-38-28-42-44(60)55-51(47(62)56-69(64,65)57(6)7)29-36(51)19-14-9-8-10-15-21-40(46(61)58(42)30-38)53-49(63)67-50(3,4)5/h11-14,16-20,22-26,31-32,36,38,40,42H,8-10,15,21,27-30H2,1-7H3,(H,53,63)(H,55,60)(H,56,62)/b19-14-/t36-,38-,40+,42+,51-/m1/s1. The Labute approximate surface area is 408 Å². The molecule has 0 radical (unpaired) electrons. The molecule has 0 unspecified atom stereocenters. The van der Waals surface area contributed by atoms with Crippen LogP contribution in [0.25, 0.3) is 32.7 Å². The molecule has 4 heterocycles. The first-order valence-corrected chi connectivity index (χ1v) is 25.9. The van der Waals surface area contributed by atoms with Gasteiger partial charge in [0.15, 0.2) is 0 Å². The van der Waals surface area contributed by atoms with Crippen LogP contribution < -0.4 is 20.1 Å². The van der Waals surface area contributed by atoms with Crippen LogP contribution >= 0.6 is 11.3 Å². The highest BCUT2D eigenvalue weighted by Crippen LogP contribution is 2.46. The number of nitrogens with zero attached hydrogens (tertiary/aromatic N) is 5. The lowest BCUT2D eigenvalue weighted by molar-refractivity contribution is -0.141. The lowest BCUT2D eigenvalue weighted by Crippen LogP contribution is -2.58. The maximum atomic E-state index is 14.8. The van der Waals surface area contributed by atoms with Crippen LogP contribution in [0, 0.1) is 5.92 Å². The number of hydrogen-bond donors (Lipinski definition) is 3. The van der Waals surface area contributed by atoms with Gasteiger partial charge in [0.1, 0.15) is 39.9 Å². The predicted octanol–water partition coefficient (Wildman–Crippen LogP) is 7.56. The molecule has 69 heavy (non-hydrogen) atoms. The van der Waals surface area contributed by atoms with Crippen LogP contribution in [0.15, 0.2) is 90.3 Å². The molecule has 0 spiro atoms. The Balaban J connectivity index is 1.08. The molecule has 3 aromatic carbocycles. The molecule has 18 heteroatoms. The summed E-state index contributed by atoms with van der Waals surface area (Å²) in [5.74, 6) is -2.51. The highest BCUT2D eigenvalue weighted by Gasteiger charge is 2.62. The minimum atomic E-state index is -4.20. The molecule has 2 aromatic heterocycles. The first kappa shape index (κ1) is 49.3. The highest BCUT2D eigenvalue weighted by molar-refractivity contribution is 7.87. The van der Waals surface area contributed by atoms with Gasteiger partial charge in [0.2, 0.25) is 11.8 Å². The van der Waals surface area contributed by atoms with Crippen molar-refractivity contribution < 1.29 is 37.1 Å². The Hall–Kier alpha value is -6.11. The van der Waals surface area contributed by atoms with Gasteiger partial charge in [-0.15, -0.1) is 11.3 Å². The second-order valence-electron chi connectivity index (χ2n) is 19.7.